The molecule has 0 aliphatic heterocycles. The molecule has 18 heavy (non-hydrogen) atoms. The number of likely N-dealkylation sites (N-methyl/N-ethyl adjacent to an activating group) is 1. The number of halogens is 1. The van der Waals surface area contributed by atoms with Gasteiger partial charge in [-0.05, 0) is 32.2 Å². The van der Waals surface area contributed by atoms with Gasteiger partial charge in [0.15, 0.2) is 6.10 Å². The molecule has 1 aromatic rings. The number of rotatable bonds is 5. The van der Waals surface area contributed by atoms with E-state index in [4.69, 9.17) is 16.3 Å². The highest BCUT2D eigenvalue weighted by molar-refractivity contribution is 6.30. The Balaban J connectivity index is 2.86. The minimum atomic E-state index is -0.517. The maximum atomic E-state index is 11.7. The summed E-state index contributed by atoms with van der Waals surface area (Å²) in [7, 11) is 5.26. The van der Waals surface area contributed by atoms with Gasteiger partial charge in [-0.15, -0.1) is 0 Å². The van der Waals surface area contributed by atoms with E-state index in [9.17, 15) is 4.79 Å². The van der Waals surface area contributed by atoms with Gasteiger partial charge >= 0.3 is 0 Å². The summed E-state index contributed by atoms with van der Waals surface area (Å²) < 4.78 is 5.69. The number of benzene rings is 1. The summed E-state index contributed by atoms with van der Waals surface area (Å²) in [6, 6.07) is 5.37. The van der Waals surface area contributed by atoms with Crippen molar-refractivity contribution >= 4 is 17.5 Å². The van der Waals surface area contributed by atoms with Crippen LogP contribution in [0.5, 0.6) is 5.75 Å². The van der Waals surface area contributed by atoms with Gasteiger partial charge in [-0.3, -0.25) is 4.79 Å². The maximum Gasteiger partial charge on any atom is 0.262 e. The first-order valence-corrected chi connectivity index (χ1v) is 6.14. The van der Waals surface area contributed by atoms with Crippen molar-refractivity contribution in [3.8, 4) is 5.75 Å². The maximum absolute atomic E-state index is 11.7. The van der Waals surface area contributed by atoms with Crippen molar-refractivity contribution in [3.05, 3.63) is 28.8 Å². The van der Waals surface area contributed by atoms with Gasteiger partial charge < -0.3 is 15.0 Å². The molecule has 0 heterocycles. The van der Waals surface area contributed by atoms with Crippen LogP contribution < -0.4 is 10.1 Å². The lowest BCUT2D eigenvalue weighted by atomic mass is 10.2. The Morgan fingerprint density at radius 3 is 2.72 bits per heavy atom. The Hall–Kier alpha value is -1.26. The Bertz CT molecular complexity index is 421. The highest BCUT2D eigenvalue weighted by atomic mass is 35.5. The predicted octanol–water partition coefficient (Wildman–Crippen LogP) is 1.91. The molecule has 0 saturated heterocycles. The Morgan fingerprint density at radius 1 is 1.50 bits per heavy atom. The van der Waals surface area contributed by atoms with Gasteiger partial charge in [0.05, 0.1) is 0 Å². The van der Waals surface area contributed by atoms with Crippen LogP contribution in [-0.2, 0) is 11.3 Å². The van der Waals surface area contributed by atoms with Crippen LogP contribution in [0, 0.1) is 0 Å². The topological polar surface area (TPSA) is 41.6 Å². The third kappa shape index (κ3) is 3.89. The summed E-state index contributed by atoms with van der Waals surface area (Å²) in [5, 5.41) is 3.69. The molecule has 0 aromatic heterocycles. The van der Waals surface area contributed by atoms with E-state index in [2.05, 4.69) is 5.32 Å². The van der Waals surface area contributed by atoms with Gasteiger partial charge in [0.1, 0.15) is 5.75 Å². The number of ether oxygens (including phenoxy) is 1. The van der Waals surface area contributed by atoms with Crippen molar-refractivity contribution in [2.45, 2.75) is 19.6 Å². The average Bonchev–Trinajstić information content (AvgIpc) is 2.31. The van der Waals surface area contributed by atoms with E-state index in [1.165, 1.54) is 4.90 Å². The van der Waals surface area contributed by atoms with E-state index >= 15 is 0 Å². The lowest BCUT2D eigenvalue weighted by Gasteiger charge is -2.20. The largest absolute Gasteiger partial charge is 0.481 e. The molecule has 0 aliphatic rings. The highest BCUT2D eigenvalue weighted by Gasteiger charge is 2.17. The second-order valence-corrected chi connectivity index (χ2v) is 4.71. The number of nitrogens with zero attached hydrogens (tertiary/aromatic N) is 1. The molecule has 1 aromatic carbocycles. The molecule has 1 atom stereocenters. The molecule has 1 unspecified atom stereocenters. The van der Waals surface area contributed by atoms with Crippen LogP contribution in [-0.4, -0.2) is 38.1 Å². The fourth-order valence-electron chi connectivity index (χ4n) is 1.60. The smallest absolute Gasteiger partial charge is 0.262 e. The number of hydrogen-bond acceptors (Lipinski definition) is 3. The summed E-state index contributed by atoms with van der Waals surface area (Å²) >= 11 is 5.94. The Labute approximate surface area is 113 Å². The standard InChI is InChI=1S/C13H19ClN2O2/c1-9(13(17)16(3)4)18-12-6-5-11(14)7-10(12)8-15-2/h5-7,9,15H,8H2,1-4H3. The monoisotopic (exact) mass is 270 g/mol. The van der Waals surface area contributed by atoms with Crippen molar-refractivity contribution in [1.29, 1.82) is 0 Å². The third-order valence-corrected chi connectivity index (χ3v) is 2.72. The number of amides is 1. The summed E-state index contributed by atoms with van der Waals surface area (Å²) in [6.07, 6.45) is -0.517. The minimum Gasteiger partial charge on any atom is -0.481 e. The van der Waals surface area contributed by atoms with Crippen LogP contribution >= 0.6 is 11.6 Å². The van der Waals surface area contributed by atoms with Crippen LogP contribution in [0.25, 0.3) is 0 Å². The molecule has 0 fully saturated rings. The SMILES string of the molecule is CNCc1cc(Cl)ccc1OC(C)C(=O)N(C)C. The Morgan fingerprint density at radius 2 is 2.17 bits per heavy atom. The van der Waals surface area contributed by atoms with Gasteiger partial charge in [0, 0.05) is 31.2 Å². The average molecular weight is 271 g/mol. The van der Waals surface area contributed by atoms with Crippen LogP contribution in [0.3, 0.4) is 0 Å². The van der Waals surface area contributed by atoms with Gasteiger partial charge in [0.2, 0.25) is 0 Å². The van der Waals surface area contributed by atoms with Gasteiger partial charge in [0.25, 0.3) is 5.91 Å². The molecule has 0 saturated carbocycles. The van der Waals surface area contributed by atoms with Gasteiger partial charge in [-0.1, -0.05) is 11.6 Å². The number of nitrogens with one attached hydrogen (secondary N) is 1. The zero-order chi connectivity index (χ0) is 13.7. The van der Waals surface area contributed by atoms with Crippen LogP contribution in [0.4, 0.5) is 0 Å². The molecule has 1 amide bonds. The van der Waals surface area contributed by atoms with Crippen molar-refractivity contribution in [3.63, 3.8) is 0 Å². The summed E-state index contributed by atoms with van der Waals surface area (Å²) in [4.78, 5) is 13.3. The molecule has 0 spiro atoms. The quantitative estimate of drug-likeness (QED) is 0.889. The summed E-state index contributed by atoms with van der Waals surface area (Å²) in [5.74, 6) is 0.608. The molecule has 0 radical (unpaired) electrons. The minimum absolute atomic E-state index is 0.0691. The van der Waals surface area contributed by atoms with E-state index in [1.54, 1.807) is 33.2 Å². The first kappa shape index (κ1) is 14.8. The van der Waals surface area contributed by atoms with E-state index in [0.717, 1.165) is 5.56 Å². The van der Waals surface area contributed by atoms with E-state index in [1.807, 2.05) is 13.1 Å². The molecule has 1 rings (SSSR count). The molecule has 0 bridgehead atoms. The summed E-state index contributed by atoms with van der Waals surface area (Å²) in [5.41, 5.74) is 0.934. The molecule has 1 N–H and O–H groups in total. The molecular weight excluding hydrogens is 252 g/mol. The Kier molecular flexibility index (Phi) is 5.44. The van der Waals surface area contributed by atoms with Crippen molar-refractivity contribution in [1.82, 2.24) is 10.2 Å². The van der Waals surface area contributed by atoms with Crippen LogP contribution in [0.1, 0.15) is 12.5 Å². The molecule has 4 nitrogen and oxygen atoms in total. The normalized spacial score (nSPS) is 12.1. The van der Waals surface area contributed by atoms with Crippen molar-refractivity contribution in [2.24, 2.45) is 0 Å². The van der Waals surface area contributed by atoms with Crippen LogP contribution in [0.15, 0.2) is 18.2 Å². The first-order chi connectivity index (χ1) is 8.45. The van der Waals surface area contributed by atoms with Crippen LogP contribution in [0.2, 0.25) is 5.02 Å². The van der Waals surface area contributed by atoms with Gasteiger partial charge in [-0.2, -0.15) is 0 Å². The number of carbonyl (C=O) groups is 1. The number of hydrogen-bond donors (Lipinski definition) is 1. The summed E-state index contributed by atoms with van der Waals surface area (Å²) in [6.45, 7) is 2.37. The molecule has 0 aliphatic carbocycles. The second-order valence-electron chi connectivity index (χ2n) is 4.28. The van der Waals surface area contributed by atoms with Gasteiger partial charge in [-0.25, -0.2) is 0 Å². The molecule has 100 valence electrons. The van der Waals surface area contributed by atoms with Crippen molar-refractivity contribution < 1.29 is 9.53 Å². The number of carbonyl (C=O) groups excluding carboxylic acids is 1. The first-order valence-electron chi connectivity index (χ1n) is 5.76. The zero-order valence-electron chi connectivity index (χ0n) is 11.2. The lowest BCUT2D eigenvalue weighted by molar-refractivity contribution is -0.135. The fraction of sp³-hybridized carbons (Fsp3) is 0.462. The zero-order valence-corrected chi connectivity index (χ0v) is 11.9. The van der Waals surface area contributed by atoms with E-state index in [-0.39, 0.29) is 5.91 Å². The molecular formula is C13H19ClN2O2. The molecule has 5 heteroatoms. The highest BCUT2D eigenvalue weighted by Crippen LogP contribution is 2.24. The van der Waals surface area contributed by atoms with E-state index in [0.29, 0.717) is 17.3 Å². The van der Waals surface area contributed by atoms with E-state index < -0.39 is 6.10 Å². The second kappa shape index (κ2) is 6.61. The van der Waals surface area contributed by atoms with Crippen molar-refractivity contribution in [2.75, 3.05) is 21.1 Å². The fourth-order valence-corrected chi connectivity index (χ4v) is 1.79. The predicted molar refractivity (Wildman–Crippen MR) is 73.0 cm³/mol. The lowest BCUT2D eigenvalue weighted by Crippen LogP contribution is -2.35. The third-order valence-electron chi connectivity index (χ3n) is 2.48.